The normalized spacial score (nSPS) is 31.5. The summed E-state index contributed by atoms with van der Waals surface area (Å²) in [6, 6.07) is 0. The molecule has 2 nitrogen and oxygen atoms in total. The Hall–Kier alpha value is 0.650. The summed E-state index contributed by atoms with van der Waals surface area (Å²) in [7, 11) is 0. The topological polar surface area (TPSA) is 32.3 Å². The summed E-state index contributed by atoms with van der Waals surface area (Å²) in [5.41, 5.74) is 0.0787. The summed E-state index contributed by atoms with van der Waals surface area (Å²) in [6.45, 7) is 8.55. The number of alkyl halides is 1. The van der Waals surface area contributed by atoms with Crippen molar-refractivity contribution < 1.29 is 5.11 Å². The van der Waals surface area contributed by atoms with Crippen LogP contribution in [0.3, 0.4) is 0 Å². The molecule has 72 valence electrons. The van der Waals surface area contributed by atoms with E-state index >= 15 is 0 Å². The van der Waals surface area contributed by atoms with Gasteiger partial charge in [0.25, 0.3) is 0 Å². The Labute approximate surface area is 88.3 Å². The van der Waals surface area contributed by atoms with Gasteiger partial charge < -0.3 is 10.4 Å². The Kier molecular flexibility index (Phi) is 2.52. The first-order valence-corrected chi connectivity index (χ1v) is 5.41. The number of hydrogen-bond donors (Lipinski definition) is 2. The van der Waals surface area contributed by atoms with Crippen LogP contribution in [0.2, 0.25) is 0 Å². The van der Waals surface area contributed by atoms with Crippen LogP contribution in [-0.4, -0.2) is 19.8 Å². The van der Waals surface area contributed by atoms with Gasteiger partial charge in [-0.3, -0.25) is 0 Å². The highest BCUT2D eigenvalue weighted by atomic mass is 127. The smallest absolute Gasteiger partial charge is 0.119 e. The zero-order chi connectivity index (χ0) is 9.62. The quantitative estimate of drug-likeness (QED) is 0.527. The molecule has 0 aromatic carbocycles. The highest BCUT2D eigenvalue weighted by Gasteiger charge is 2.44. The van der Waals surface area contributed by atoms with Crippen LogP contribution in [0.4, 0.5) is 0 Å². The van der Waals surface area contributed by atoms with Gasteiger partial charge in [0.05, 0.1) is 0 Å². The van der Waals surface area contributed by atoms with Gasteiger partial charge in [-0.25, -0.2) is 0 Å². The summed E-state index contributed by atoms with van der Waals surface area (Å²) in [4.78, 5) is 0. The maximum atomic E-state index is 9.99. The first-order valence-electron chi connectivity index (χ1n) is 4.33. The first kappa shape index (κ1) is 10.7. The Bertz CT molecular complexity index is 142. The fourth-order valence-corrected chi connectivity index (χ4v) is 4.33. The molecule has 1 heterocycles. The van der Waals surface area contributed by atoms with Crippen LogP contribution in [0, 0.1) is 0 Å². The second-order valence-electron chi connectivity index (χ2n) is 5.16. The van der Waals surface area contributed by atoms with Gasteiger partial charge in [-0.1, -0.05) is 0 Å². The molecule has 0 spiro atoms. The number of piperidine rings is 1. The second kappa shape index (κ2) is 2.82. The van der Waals surface area contributed by atoms with Crippen LogP contribution in [0.5, 0.6) is 0 Å². The van der Waals surface area contributed by atoms with Crippen LogP contribution in [-0.2, 0) is 0 Å². The van der Waals surface area contributed by atoms with Gasteiger partial charge in [0.15, 0.2) is 0 Å². The molecule has 0 amide bonds. The molecule has 0 atom stereocenters. The van der Waals surface area contributed by atoms with Crippen LogP contribution in [0.1, 0.15) is 40.5 Å². The van der Waals surface area contributed by atoms with E-state index in [1.54, 1.807) is 0 Å². The van der Waals surface area contributed by atoms with Gasteiger partial charge in [0.2, 0.25) is 0 Å². The Morgan fingerprint density at radius 1 is 1.08 bits per heavy atom. The number of aliphatic hydroxyl groups is 1. The number of halogens is 1. The molecule has 0 saturated carbocycles. The molecule has 1 aliphatic rings. The minimum Gasteiger partial charge on any atom is -0.379 e. The Morgan fingerprint density at radius 2 is 1.42 bits per heavy atom. The van der Waals surface area contributed by atoms with Crippen molar-refractivity contribution in [2.24, 2.45) is 0 Å². The molecular weight excluding hydrogens is 265 g/mol. The van der Waals surface area contributed by atoms with Gasteiger partial charge >= 0.3 is 0 Å². The van der Waals surface area contributed by atoms with Crippen LogP contribution in [0.15, 0.2) is 0 Å². The van der Waals surface area contributed by atoms with Gasteiger partial charge in [0, 0.05) is 23.9 Å². The number of rotatable bonds is 0. The fraction of sp³-hybridized carbons (Fsp3) is 1.00. The highest BCUT2D eigenvalue weighted by molar-refractivity contribution is 14.1. The zero-order valence-electron chi connectivity index (χ0n) is 8.24. The lowest BCUT2D eigenvalue weighted by molar-refractivity contribution is 0.0266. The van der Waals surface area contributed by atoms with Crippen molar-refractivity contribution in [1.82, 2.24) is 5.32 Å². The molecule has 1 aliphatic heterocycles. The molecule has 0 unspecified atom stereocenters. The van der Waals surface area contributed by atoms with Crippen molar-refractivity contribution in [2.45, 2.75) is 55.2 Å². The molecule has 1 saturated heterocycles. The Morgan fingerprint density at radius 3 is 1.67 bits per heavy atom. The molecule has 0 aliphatic carbocycles. The first-order chi connectivity index (χ1) is 5.12. The molecule has 0 aromatic heterocycles. The van der Waals surface area contributed by atoms with Crippen molar-refractivity contribution >= 4 is 22.6 Å². The van der Waals surface area contributed by atoms with Crippen molar-refractivity contribution in [3.05, 3.63) is 0 Å². The van der Waals surface area contributed by atoms with Gasteiger partial charge in [-0.2, -0.15) is 0 Å². The van der Waals surface area contributed by atoms with Crippen LogP contribution in [0.25, 0.3) is 0 Å². The minimum atomic E-state index is -0.546. The van der Waals surface area contributed by atoms with Crippen LogP contribution < -0.4 is 5.32 Å². The maximum absolute atomic E-state index is 9.99. The van der Waals surface area contributed by atoms with E-state index in [1.165, 1.54) is 0 Å². The third-order valence-electron chi connectivity index (χ3n) is 2.10. The molecule has 3 heteroatoms. The minimum absolute atomic E-state index is 0.0394. The number of nitrogens with one attached hydrogen (secondary N) is 1. The molecule has 2 N–H and O–H groups in total. The van der Waals surface area contributed by atoms with E-state index in [0.29, 0.717) is 0 Å². The predicted octanol–water partition coefficient (Wildman–Crippen LogP) is 2.05. The van der Waals surface area contributed by atoms with E-state index < -0.39 is 3.61 Å². The van der Waals surface area contributed by atoms with Crippen molar-refractivity contribution in [3.8, 4) is 0 Å². The average molecular weight is 283 g/mol. The van der Waals surface area contributed by atoms with E-state index in [4.69, 9.17) is 0 Å². The third kappa shape index (κ3) is 2.85. The molecule has 0 aromatic rings. The molecule has 12 heavy (non-hydrogen) atoms. The SMILES string of the molecule is CC1(C)CC(O)(I)CC(C)(C)N1. The summed E-state index contributed by atoms with van der Waals surface area (Å²) in [5, 5.41) is 13.5. The van der Waals surface area contributed by atoms with Gasteiger partial charge in [0.1, 0.15) is 3.61 Å². The zero-order valence-corrected chi connectivity index (χ0v) is 10.4. The lowest BCUT2D eigenvalue weighted by atomic mass is 9.81. The summed E-state index contributed by atoms with van der Waals surface area (Å²) in [5.74, 6) is 0. The standard InChI is InChI=1S/C9H18INO/c1-7(2)5-9(10,12)6-8(3,4)11-7/h11-12H,5-6H2,1-4H3. The number of hydrogen-bond acceptors (Lipinski definition) is 2. The fourth-order valence-electron chi connectivity index (χ4n) is 2.42. The maximum Gasteiger partial charge on any atom is 0.119 e. The van der Waals surface area contributed by atoms with Gasteiger partial charge in [-0.15, -0.1) is 0 Å². The summed E-state index contributed by atoms with van der Waals surface area (Å²) >= 11 is 2.16. The third-order valence-corrected chi connectivity index (χ3v) is 2.87. The molecule has 1 fully saturated rings. The summed E-state index contributed by atoms with van der Waals surface area (Å²) < 4.78 is -0.546. The highest BCUT2D eigenvalue weighted by Crippen LogP contribution is 2.39. The summed E-state index contributed by atoms with van der Waals surface area (Å²) in [6.07, 6.45) is 1.62. The molecule has 1 rings (SSSR count). The molecular formula is C9H18INO. The van der Waals surface area contributed by atoms with E-state index in [2.05, 4.69) is 55.6 Å². The molecule has 0 bridgehead atoms. The Balaban J connectivity index is 2.81. The second-order valence-corrected chi connectivity index (χ2v) is 7.17. The van der Waals surface area contributed by atoms with E-state index in [-0.39, 0.29) is 11.1 Å². The van der Waals surface area contributed by atoms with Crippen molar-refractivity contribution in [1.29, 1.82) is 0 Å². The van der Waals surface area contributed by atoms with E-state index in [9.17, 15) is 5.11 Å². The monoisotopic (exact) mass is 283 g/mol. The molecule has 0 radical (unpaired) electrons. The average Bonchev–Trinajstić information content (AvgIpc) is 1.44. The predicted molar refractivity (Wildman–Crippen MR) is 59.5 cm³/mol. The van der Waals surface area contributed by atoms with Crippen molar-refractivity contribution in [2.75, 3.05) is 0 Å². The van der Waals surface area contributed by atoms with Crippen molar-refractivity contribution in [3.63, 3.8) is 0 Å². The lowest BCUT2D eigenvalue weighted by Crippen LogP contribution is -2.61. The van der Waals surface area contributed by atoms with Gasteiger partial charge in [-0.05, 0) is 50.3 Å². The van der Waals surface area contributed by atoms with E-state index in [1.807, 2.05) is 0 Å². The largest absolute Gasteiger partial charge is 0.379 e. The lowest BCUT2D eigenvalue weighted by Gasteiger charge is -2.48. The van der Waals surface area contributed by atoms with E-state index in [0.717, 1.165) is 12.8 Å². The van der Waals surface area contributed by atoms with Crippen LogP contribution >= 0.6 is 22.6 Å².